The van der Waals surface area contributed by atoms with E-state index in [-0.39, 0.29) is 29.1 Å². The summed E-state index contributed by atoms with van der Waals surface area (Å²) in [6, 6.07) is 10.4. The van der Waals surface area contributed by atoms with Crippen LogP contribution in [0, 0.1) is 11.8 Å². The number of hydrogen-bond acceptors (Lipinski definition) is 3. The second-order valence-electron chi connectivity index (χ2n) is 9.69. The van der Waals surface area contributed by atoms with Crippen LogP contribution in [0.25, 0.3) is 0 Å². The van der Waals surface area contributed by atoms with Gasteiger partial charge >= 0.3 is 5.97 Å². The van der Waals surface area contributed by atoms with E-state index in [9.17, 15) is 4.79 Å². The predicted octanol–water partition coefficient (Wildman–Crippen LogP) is 5.35. The van der Waals surface area contributed by atoms with Gasteiger partial charge in [0.05, 0.1) is 12.0 Å². The number of hydrogen-bond donors (Lipinski definition) is 0. The van der Waals surface area contributed by atoms with E-state index < -0.39 is 8.32 Å². The first kappa shape index (κ1) is 19.6. The van der Waals surface area contributed by atoms with E-state index in [0.717, 1.165) is 25.2 Å². The highest BCUT2D eigenvalue weighted by Gasteiger charge is 2.46. The van der Waals surface area contributed by atoms with Gasteiger partial charge in [0.2, 0.25) is 0 Å². The summed E-state index contributed by atoms with van der Waals surface area (Å²) in [6.07, 6.45) is 5.04. The van der Waals surface area contributed by atoms with Gasteiger partial charge in [-0.25, -0.2) is 0 Å². The van der Waals surface area contributed by atoms with Gasteiger partial charge in [0.1, 0.15) is 6.10 Å². The molecule has 0 bridgehead atoms. The maximum Gasteiger partial charge on any atom is 0.309 e. The standard InChI is InChI=1S/C22H34O3Si/c1-22(2,3)26(4,5)25-20(14-16-9-7-6-8-10-16)19-15-18(21(23)24-19)13-17-11-12-17/h6-10,17-20H,11-15H2,1-5H3/t18-,19-,20+/m1/s1. The summed E-state index contributed by atoms with van der Waals surface area (Å²) >= 11 is 0. The molecular formula is C22H34O3Si. The van der Waals surface area contributed by atoms with Gasteiger partial charge < -0.3 is 9.16 Å². The highest BCUT2D eigenvalue weighted by molar-refractivity contribution is 6.74. The van der Waals surface area contributed by atoms with Gasteiger partial charge in [-0.05, 0) is 36.0 Å². The average molecular weight is 375 g/mol. The maximum absolute atomic E-state index is 12.4. The molecule has 1 saturated heterocycles. The molecule has 0 radical (unpaired) electrons. The molecule has 0 amide bonds. The molecule has 144 valence electrons. The van der Waals surface area contributed by atoms with Crippen LogP contribution >= 0.6 is 0 Å². The fraction of sp³-hybridized carbons (Fsp3) is 0.682. The number of carbonyl (C=O) groups excluding carboxylic acids is 1. The van der Waals surface area contributed by atoms with E-state index in [1.54, 1.807) is 0 Å². The number of rotatable bonds is 7. The lowest BCUT2D eigenvalue weighted by Gasteiger charge is -2.40. The molecule has 3 nitrogen and oxygen atoms in total. The van der Waals surface area contributed by atoms with Crippen LogP contribution in [0.2, 0.25) is 18.1 Å². The first-order chi connectivity index (χ1) is 12.2. The minimum atomic E-state index is -1.94. The monoisotopic (exact) mass is 374 g/mol. The molecule has 26 heavy (non-hydrogen) atoms. The molecule has 1 aliphatic carbocycles. The Labute approximate surface area is 159 Å². The molecule has 2 aliphatic rings. The maximum atomic E-state index is 12.4. The van der Waals surface area contributed by atoms with Crippen LogP contribution in [0.5, 0.6) is 0 Å². The lowest BCUT2D eigenvalue weighted by molar-refractivity contribution is -0.147. The summed E-state index contributed by atoms with van der Waals surface area (Å²) in [7, 11) is -1.94. The Kier molecular flexibility index (Phi) is 5.64. The number of benzene rings is 1. The molecular weight excluding hydrogens is 340 g/mol. The van der Waals surface area contributed by atoms with Gasteiger partial charge in [0.15, 0.2) is 8.32 Å². The molecule has 3 atom stereocenters. The minimum Gasteiger partial charge on any atom is -0.459 e. The molecule has 0 aromatic heterocycles. The fourth-order valence-corrected chi connectivity index (χ4v) is 4.84. The Morgan fingerprint density at radius 3 is 2.42 bits per heavy atom. The van der Waals surface area contributed by atoms with Crippen molar-refractivity contribution in [3.05, 3.63) is 35.9 Å². The first-order valence-corrected chi connectivity index (χ1v) is 13.0. The van der Waals surface area contributed by atoms with Crippen molar-refractivity contribution >= 4 is 14.3 Å². The third-order valence-electron chi connectivity index (χ3n) is 6.38. The Hall–Kier alpha value is -1.13. The SMILES string of the molecule is CC(C)(C)[Si](C)(C)O[C@@H](Cc1ccccc1)[C@H]1C[C@@H](CC2CC2)C(=O)O1. The summed E-state index contributed by atoms with van der Waals surface area (Å²) in [6.45, 7) is 11.3. The van der Waals surface area contributed by atoms with Gasteiger partial charge in [0, 0.05) is 12.8 Å². The normalized spacial score (nSPS) is 25.2. The van der Waals surface area contributed by atoms with Crippen molar-refractivity contribution < 1.29 is 14.0 Å². The van der Waals surface area contributed by atoms with E-state index in [1.807, 2.05) is 6.07 Å². The largest absolute Gasteiger partial charge is 0.459 e. The van der Waals surface area contributed by atoms with Crippen LogP contribution in [0.1, 0.15) is 52.0 Å². The van der Waals surface area contributed by atoms with Crippen LogP contribution in [0.15, 0.2) is 30.3 Å². The molecule has 2 fully saturated rings. The van der Waals surface area contributed by atoms with E-state index in [4.69, 9.17) is 9.16 Å². The van der Waals surface area contributed by atoms with Crippen molar-refractivity contribution in [3.63, 3.8) is 0 Å². The zero-order valence-electron chi connectivity index (χ0n) is 17.0. The summed E-state index contributed by atoms with van der Waals surface area (Å²) in [5.74, 6) is 0.827. The third-order valence-corrected chi connectivity index (χ3v) is 10.9. The zero-order chi connectivity index (χ0) is 18.9. The minimum absolute atomic E-state index is 0.00112. The number of ether oxygens (including phenoxy) is 1. The summed E-state index contributed by atoms with van der Waals surface area (Å²) in [5, 5.41) is 0.137. The van der Waals surface area contributed by atoms with Crippen LogP contribution in [-0.2, 0) is 20.4 Å². The van der Waals surface area contributed by atoms with Crippen molar-refractivity contribution in [1.82, 2.24) is 0 Å². The van der Waals surface area contributed by atoms with Crippen molar-refractivity contribution in [1.29, 1.82) is 0 Å². The number of esters is 1. The Bertz CT molecular complexity index is 616. The lowest BCUT2D eigenvalue weighted by atomic mass is 9.94. The van der Waals surface area contributed by atoms with Gasteiger partial charge in [-0.2, -0.15) is 0 Å². The third kappa shape index (κ3) is 4.77. The van der Waals surface area contributed by atoms with E-state index in [2.05, 4.69) is 58.1 Å². The van der Waals surface area contributed by atoms with Crippen molar-refractivity contribution in [3.8, 4) is 0 Å². The van der Waals surface area contributed by atoms with Crippen LogP contribution in [0.3, 0.4) is 0 Å². The molecule has 0 N–H and O–H groups in total. The van der Waals surface area contributed by atoms with Gasteiger partial charge in [-0.15, -0.1) is 0 Å². The van der Waals surface area contributed by atoms with E-state index >= 15 is 0 Å². The van der Waals surface area contributed by atoms with Crippen molar-refractivity contribution in [2.75, 3.05) is 0 Å². The van der Waals surface area contributed by atoms with Gasteiger partial charge in [0.25, 0.3) is 0 Å². The molecule has 0 spiro atoms. The molecule has 1 heterocycles. The van der Waals surface area contributed by atoms with Crippen LogP contribution < -0.4 is 0 Å². The first-order valence-electron chi connectivity index (χ1n) is 10.1. The molecule has 1 saturated carbocycles. The molecule has 3 rings (SSSR count). The van der Waals surface area contributed by atoms with Gasteiger partial charge in [-0.1, -0.05) is 63.9 Å². The highest BCUT2D eigenvalue weighted by atomic mass is 28.4. The quantitative estimate of drug-likeness (QED) is 0.476. The molecule has 1 aromatic carbocycles. The number of cyclic esters (lactones) is 1. The summed E-state index contributed by atoms with van der Waals surface area (Å²) < 4.78 is 12.6. The van der Waals surface area contributed by atoms with Crippen LogP contribution in [-0.4, -0.2) is 26.5 Å². The fourth-order valence-electron chi connectivity index (χ4n) is 3.50. The van der Waals surface area contributed by atoms with E-state index in [0.29, 0.717) is 0 Å². The summed E-state index contributed by atoms with van der Waals surface area (Å²) in [5.41, 5.74) is 1.25. The smallest absolute Gasteiger partial charge is 0.309 e. The Morgan fingerprint density at radius 2 is 1.85 bits per heavy atom. The highest BCUT2D eigenvalue weighted by Crippen LogP contribution is 2.42. The second kappa shape index (κ2) is 7.47. The molecule has 4 heteroatoms. The van der Waals surface area contributed by atoms with Crippen molar-refractivity contribution in [2.45, 2.75) is 83.2 Å². The topological polar surface area (TPSA) is 35.5 Å². The Morgan fingerprint density at radius 1 is 1.19 bits per heavy atom. The van der Waals surface area contributed by atoms with E-state index in [1.165, 1.54) is 18.4 Å². The Balaban J connectivity index is 1.75. The number of carbonyl (C=O) groups is 1. The average Bonchev–Trinajstić information content (AvgIpc) is 3.29. The van der Waals surface area contributed by atoms with Gasteiger partial charge in [-0.3, -0.25) is 4.79 Å². The van der Waals surface area contributed by atoms with Crippen LogP contribution in [0.4, 0.5) is 0 Å². The second-order valence-corrected chi connectivity index (χ2v) is 14.4. The zero-order valence-corrected chi connectivity index (χ0v) is 18.0. The predicted molar refractivity (Wildman–Crippen MR) is 108 cm³/mol. The summed E-state index contributed by atoms with van der Waals surface area (Å²) in [4.78, 5) is 12.4. The molecule has 0 unspecified atom stereocenters. The van der Waals surface area contributed by atoms with Crippen molar-refractivity contribution in [2.24, 2.45) is 11.8 Å². The lowest BCUT2D eigenvalue weighted by Crippen LogP contribution is -2.47. The molecule has 1 aromatic rings. The molecule has 1 aliphatic heterocycles.